The summed E-state index contributed by atoms with van der Waals surface area (Å²) >= 11 is 0. The van der Waals surface area contributed by atoms with Crippen LogP contribution in [-0.4, -0.2) is 31.0 Å². The topological polar surface area (TPSA) is 64.7 Å². The number of hydrogen-bond acceptors (Lipinski definition) is 4. The average Bonchev–Trinajstić information content (AvgIpc) is 2.35. The van der Waals surface area contributed by atoms with Gasteiger partial charge in [-0.05, 0) is 31.5 Å². The molecule has 0 aliphatic carbocycles. The molecule has 0 saturated heterocycles. The first-order chi connectivity index (χ1) is 8.49. The number of halogens is 1. The van der Waals surface area contributed by atoms with E-state index < -0.39 is 18.0 Å². The Kier molecular flexibility index (Phi) is 5.53. The molecule has 0 aliphatic rings. The molecule has 0 bridgehead atoms. The first-order valence-electron chi connectivity index (χ1n) is 5.86. The fraction of sp³-hybridized carbons (Fsp3) is 0.538. The zero-order valence-corrected chi connectivity index (χ0v) is 10.9. The highest BCUT2D eigenvalue weighted by atomic mass is 19.1. The van der Waals surface area contributed by atoms with Gasteiger partial charge in [-0.15, -0.1) is 0 Å². The van der Waals surface area contributed by atoms with Crippen LogP contribution in [0.2, 0.25) is 0 Å². The highest BCUT2D eigenvalue weighted by molar-refractivity contribution is 5.30. The van der Waals surface area contributed by atoms with Gasteiger partial charge in [0.2, 0.25) is 0 Å². The number of aliphatic hydroxyl groups is 1. The third-order valence-electron chi connectivity index (χ3n) is 2.82. The molecule has 0 aromatic heterocycles. The molecule has 0 heterocycles. The predicted octanol–water partition coefficient (Wildman–Crippen LogP) is 1.62. The minimum Gasteiger partial charge on any atom is -0.494 e. The summed E-state index contributed by atoms with van der Waals surface area (Å²) in [6.45, 7) is 3.59. The van der Waals surface area contributed by atoms with Crippen molar-refractivity contribution >= 4 is 0 Å². The Hall–Kier alpha value is -1.17. The molecule has 0 aliphatic heterocycles. The Balaban J connectivity index is 2.85. The zero-order chi connectivity index (χ0) is 13.7. The lowest BCUT2D eigenvalue weighted by molar-refractivity contribution is -0.0592. The number of methoxy groups -OCH3 is 1. The van der Waals surface area contributed by atoms with E-state index in [1.54, 1.807) is 19.9 Å². The van der Waals surface area contributed by atoms with E-state index in [4.69, 9.17) is 15.2 Å². The highest BCUT2D eigenvalue weighted by Gasteiger charge is 2.18. The Bertz CT molecular complexity index is 384. The highest BCUT2D eigenvalue weighted by Crippen LogP contribution is 2.24. The van der Waals surface area contributed by atoms with Crippen LogP contribution in [0.1, 0.15) is 25.5 Å². The van der Waals surface area contributed by atoms with E-state index in [2.05, 4.69) is 0 Å². The molecule has 3 atom stereocenters. The summed E-state index contributed by atoms with van der Waals surface area (Å²) in [7, 11) is 1.41. The van der Waals surface area contributed by atoms with Gasteiger partial charge in [-0.1, -0.05) is 6.07 Å². The van der Waals surface area contributed by atoms with Gasteiger partial charge in [0.15, 0.2) is 11.6 Å². The molecule has 0 amide bonds. The molecule has 0 fully saturated rings. The van der Waals surface area contributed by atoms with Gasteiger partial charge >= 0.3 is 0 Å². The van der Waals surface area contributed by atoms with Crippen LogP contribution in [0.25, 0.3) is 0 Å². The van der Waals surface area contributed by atoms with Crippen molar-refractivity contribution in [2.24, 2.45) is 5.73 Å². The molecule has 4 nitrogen and oxygen atoms in total. The predicted molar refractivity (Wildman–Crippen MR) is 67.0 cm³/mol. The van der Waals surface area contributed by atoms with Crippen molar-refractivity contribution in [1.29, 1.82) is 0 Å². The number of benzene rings is 1. The van der Waals surface area contributed by atoms with Crippen molar-refractivity contribution < 1.29 is 19.0 Å². The van der Waals surface area contributed by atoms with E-state index in [0.29, 0.717) is 5.56 Å². The van der Waals surface area contributed by atoms with Crippen molar-refractivity contribution in [3.8, 4) is 5.75 Å². The van der Waals surface area contributed by atoms with Crippen LogP contribution < -0.4 is 10.5 Å². The minimum absolute atomic E-state index is 0.179. The molecular formula is C13H20FNO3. The lowest BCUT2D eigenvalue weighted by Crippen LogP contribution is -2.28. The van der Waals surface area contributed by atoms with Gasteiger partial charge in [-0.2, -0.15) is 0 Å². The van der Waals surface area contributed by atoms with Crippen LogP contribution >= 0.6 is 0 Å². The number of rotatable bonds is 6. The number of nitrogens with two attached hydrogens (primary N) is 1. The van der Waals surface area contributed by atoms with Crippen molar-refractivity contribution in [1.82, 2.24) is 0 Å². The molecule has 1 rings (SSSR count). The first kappa shape index (κ1) is 14.9. The zero-order valence-electron chi connectivity index (χ0n) is 10.9. The molecular weight excluding hydrogens is 237 g/mol. The normalized spacial score (nSPS) is 16.1. The molecule has 102 valence electrons. The maximum atomic E-state index is 13.6. The summed E-state index contributed by atoms with van der Waals surface area (Å²) in [5, 5.41) is 9.39. The summed E-state index contributed by atoms with van der Waals surface area (Å²) < 4.78 is 24.0. The Morgan fingerprint density at radius 2 is 2.06 bits per heavy atom. The third-order valence-corrected chi connectivity index (χ3v) is 2.82. The molecule has 18 heavy (non-hydrogen) atoms. The SMILES string of the molecule is COc1ccc(C(CN)OC(C)C(C)O)cc1F. The van der Waals surface area contributed by atoms with Crippen molar-refractivity contribution in [3.63, 3.8) is 0 Å². The van der Waals surface area contributed by atoms with E-state index in [-0.39, 0.29) is 18.4 Å². The van der Waals surface area contributed by atoms with Crippen molar-refractivity contribution in [2.45, 2.75) is 32.2 Å². The molecule has 1 aromatic carbocycles. The maximum Gasteiger partial charge on any atom is 0.165 e. The van der Waals surface area contributed by atoms with Crippen LogP contribution in [0.4, 0.5) is 4.39 Å². The van der Waals surface area contributed by atoms with Gasteiger partial charge in [0.25, 0.3) is 0 Å². The molecule has 0 saturated carbocycles. The monoisotopic (exact) mass is 257 g/mol. The molecule has 3 N–H and O–H groups in total. The van der Waals surface area contributed by atoms with Crippen LogP contribution in [0, 0.1) is 5.82 Å². The first-order valence-corrected chi connectivity index (χ1v) is 5.86. The minimum atomic E-state index is -0.609. The standard InChI is InChI=1S/C13H20FNO3/c1-8(16)9(2)18-13(7-15)10-4-5-12(17-3)11(14)6-10/h4-6,8-9,13,16H,7,15H2,1-3H3. The fourth-order valence-corrected chi connectivity index (χ4v) is 1.53. The summed E-state index contributed by atoms with van der Waals surface area (Å²) in [6, 6.07) is 4.57. The van der Waals surface area contributed by atoms with Crippen LogP contribution in [0.3, 0.4) is 0 Å². The second kappa shape index (κ2) is 6.68. The Morgan fingerprint density at radius 1 is 1.39 bits per heavy atom. The largest absolute Gasteiger partial charge is 0.494 e. The van der Waals surface area contributed by atoms with Crippen molar-refractivity contribution in [2.75, 3.05) is 13.7 Å². The molecule has 3 unspecified atom stereocenters. The average molecular weight is 257 g/mol. The smallest absolute Gasteiger partial charge is 0.165 e. The third kappa shape index (κ3) is 3.66. The van der Waals surface area contributed by atoms with Gasteiger partial charge < -0.3 is 20.3 Å². The van der Waals surface area contributed by atoms with Crippen LogP contribution in [0.5, 0.6) is 5.75 Å². The van der Waals surface area contributed by atoms with E-state index in [1.165, 1.54) is 19.2 Å². The lowest BCUT2D eigenvalue weighted by atomic mass is 10.1. The van der Waals surface area contributed by atoms with Crippen molar-refractivity contribution in [3.05, 3.63) is 29.6 Å². The number of aliphatic hydroxyl groups excluding tert-OH is 1. The maximum absolute atomic E-state index is 13.6. The molecule has 0 radical (unpaired) electrons. The second-order valence-corrected chi connectivity index (χ2v) is 4.20. The van der Waals surface area contributed by atoms with Gasteiger partial charge in [0.05, 0.1) is 25.4 Å². The van der Waals surface area contributed by atoms with E-state index >= 15 is 0 Å². The molecule has 0 spiro atoms. The lowest BCUT2D eigenvalue weighted by Gasteiger charge is -2.23. The fourth-order valence-electron chi connectivity index (χ4n) is 1.53. The molecule has 1 aromatic rings. The van der Waals surface area contributed by atoms with Gasteiger partial charge in [-0.3, -0.25) is 0 Å². The van der Waals surface area contributed by atoms with E-state index in [1.807, 2.05) is 0 Å². The second-order valence-electron chi connectivity index (χ2n) is 4.20. The summed E-state index contributed by atoms with van der Waals surface area (Å²) in [5.41, 5.74) is 6.24. The quantitative estimate of drug-likeness (QED) is 0.812. The van der Waals surface area contributed by atoms with Crippen LogP contribution in [0.15, 0.2) is 18.2 Å². The Morgan fingerprint density at radius 3 is 2.50 bits per heavy atom. The van der Waals surface area contributed by atoms with Gasteiger partial charge in [0, 0.05) is 6.54 Å². The summed E-state index contributed by atoms with van der Waals surface area (Å²) in [6.07, 6.45) is -1.43. The van der Waals surface area contributed by atoms with E-state index in [0.717, 1.165) is 0 Å². The van der Waals surface area contributed by atoms with E-state index in [9.17, 15) is 9.50 Å². The summed E-state index contributed by atoms with van der Waals surface area (Å²) in [5.74, 6) is -0.278. The Labute approximate surface area is 107 Å². The van der Waals surface area contributed by atoms with Gasteiger partial charge in [0.1, 0.15) is 0 Å². The van der Waals surface area contributed by atoms with Gasteiger partial charge in [-0.25, -0.2) is 4.39 Å². The molecule has 5 heteroatoms. The van der Waals surface area contributed by atoms with Crippen LogP contribution in [-0.2, 0) is 4.74 Å². The summed E-state index contributed by atoms with van der Waals surface area (Å²) in [4.78, 5) is 0. The number of hydrogen-bond donors (Lipinski definition) is 2. The number of ether oxygens (including phenoxy) is 2.